The molecule has 0 spiro atoms. The average Bonchev–Trinajstić information content (AvgIpc) is 3.63. The molecular formula is C53H48O10. The molecule has 0 saturated heterocycles. The number of carbonyl (C=O) groups excluding carboxylic acids is 2. The summed E-state index contributed by atoms with van der Waals surface area (Å²) in [6.45, 7) is 5.18. The van der Waals surface area contributed by atoms with Crippen molar-refractivity contribution in [1.29, 1.82) is 0 Å². The quantitative estimate of drug-likeness (QED) is 0.0506. The number of hydrogen-bond donors (Lipinski definition) is 2. The van der Waals surface area contributed by atoms with Crippen molar-refractivity contribution in [1.82, 2.24) is 0 Å². The van der Waals surface area contributed by atoms with Crippen LogP contribution < -0.4 is 9.47 Å². The topological polar surface area (TPSA) is 130 Å². The van der Waals surface area contributed by atoms with E-state index in [9.17, 15) is 19.8 Å². The third-order valence-corrected chi connectivity index (χ3v) is 12.5. The normalized spacial score (nSPS) is 19.5. The van der Waals surface area contributed by atoms with Crippen LogP contribution in [0.5, 0.6) is 11.5 Å². The predicted octanol–water partition coefficient (Wildman–Crippen LogP) is 7.62. The second-order valence-corrected chi connectivity index (χ2v) is 15.8. The molecule has 0 radical (unpaired) electrons. The first-order valence-corrected chi connectivity index (χ1v) is 21.2. The summed E-state index contributed by atoms with van der Waals surface area (Å²) in [6, 6.07) is 47.9. The molecule has 10 heteroatoms. The zero-order valence-electron chi connectivity index (χ0n) is 34.7. The summed E-state index contributed by atoms with van der Waals surface area (Å²) in [5.41, 5.74) is 5.55. The fourth-order valence-electron chi connectivity index (χ4n) is 9.76. The van der Waals surface area contributed by atoms with Crippen molar-refractivity contribution < 1.29 is 48.2 Å². The first kappa shape index (κ1) is 41.8. The monoisotopic (exact) mass is 844 g/mol. The standard InChI is InChI=1S/C53H48O10/c1-2-49(54)62-33-29-58-27-31-60-38-23-19-36(20-24-38)52(42-13-5-3-11-40(42)41-12-4-6-14-43(41)52)37-21-25-39(26-22-37)61-32-28-59-30-34-63-50(55)48-35-51(56)44-15-7-9-17-46(44)53(48,57)47-18-10-8-16-45(47)51/h2-26,48,56-57H,1,27-35H2. The molecule has 0 heterocycles. The van der Waals surface area contributed by atoms with Crippen LogP contribution in [-0.2, 0) is 45.2 Å². The van der Waals surface area contributed by atoms with Gasteiger partial charge in [-0.2, -0.15) is 0 Å². The minimum atomic E-state index is -1.62. The molecule has 10 nitrogen and oxygen atoms in total. The molecule has 6 aromatic rings. The third-order valence-electron chi connectivity index (χ3n) is 12.5. The number of fused-ring (bicyclic) bond motifs is 4. The summed E-state index contributed by atoms with van der Waals surface area (Å²) in [7, 11) is 0. The van der Waals surface area contributed by atoms with E-state index in [0.717, 1.165) is 17.2 Å². The van der Waals surface area contributed by atoms with Crippen LogP contribution in [0.15, 0.2) is 158 Å². The second kappa shape index (κ2) is 17.7. The van der Waals surface area contributed by atoms with E-state index in [1.807, 2.05) is 48.5 Å². The van der Waals surface area contributed by atoms with Crippen LogP contribution >= 0.6 is 0 Å². The molecule has 10 rings (SSSR count). The van der Waals surface area contributed by atoms with Crippen LogP contribution in [0.25, 0.3) is 11.1 Å². The SMILES string of the molecule is C=CC(=O)OCCOCCOc1ccc(C2(c3ccc(OCCOCCOC(=O)C4CC5(O)c6ccccc6C4(O)c4ccccc45)cc3)c3ccccc3-c3ccccc32)cc1. The van der Waals surface area contributed by atoms with Gasteiger partial charge in [-0.25, -0.2) is 4.79 Å². The molecule has 1 atom stereocenters. The van der Waals surface area contributed by atoms with Crippen LogP contribution in [0.4, 0.5) is 0 Å². The summed E-state index contributed by atoms with van der Waals surface area (Å²) in [5.74, 6) is -0.645. The maximum absolute atomic E-state index is 13.5. The van der Waals surface area contributed by atoms with Crippen molar-refractivity contribution in [3.63, 3.8) is 0 Å². The van der Waals surface area contributed by atoms with E-state index in [0.29, 0.717) is 47.0 Å². The molecule has 0 aromatic heterocycles. The lowest BCUT2D eigenvalue weighted by atomic mass is 9.54. The lowest BCUT2D eigenvalue weighted by molar-refractivity contribution is -0.168. The molecule has 2 bridgehead atoms. The fraction of sp³-hybridized carbons (Fsp3) is 0.245. The highest BCUT2D eigenvalue weighted by molar-refractivity contribution is 5.86. The third kappa shape index (κ3) is 7.38. The lowest BCUT2D eigenvalue weighted by Gasteiger charge is -2.53. The van der Waals surface area contributed by atoms with E-state index in [-0.39, 0.29) is 46.1 Å². The summed E-state index contributed by atoms with van der Waals surface area (Å²) in [5, 5.41) is 24.1. The number of rotatable bonds is 18. The Bertz CT molecular complexity index is 2520. The molecule has 0 saturated carbocycles. The van der Waals surface area contributed by atoms with E-state index in [1.54, 1.807) is 24.3 Å². The molecule has 0 amide bonds. The van der Waals surface area contributed by atoms with Gasteiger partial charge >= 0.3 is 11.9 Å². The highest BCUT2D eigenvalue weighted by Gasteiger charge is 2.62. The van der Waals surface area contributed by atoms with Gasteiger partial charge in [0.25, 0.3) is 0 Å². The molecule has 4 aliphatic carbocycles. The molecule has 4 aliphatic rings. The first-order chi connectivity index (χ1) is 30.8. The highest BCUT2D eigenvalue weighted by atomic mass is 16.6. The van der Waals surface area contributed by atoms with Crippen molar-refractivity contribution in [3.8, 4) is 22.6 Å². The van der Waals surface area contributed by atoms with Gasteiger partial charge in [0.15, 0.2) is 0 Å². The van der Waals surface area contributed by atoms with Crippen molar-refractivity contribution in [2.45, 2.75) is 23.0 Å². The molecule has 2 N–H and O–H groups in total. The van der Waals surface area contributed by atoms with Crippen molar-refractivity contribution in [3.05, 3.63) is 203 Å². The van der Waals surface area contributed by atoms with Gasteiger partial charge < -0.3 is 38.6 Å². The summed E-state index contributed by atoms with van der Waals surface area (Å²) in [6.07, 6.45) is 1.14. The Hall–Kier alpha value is -6.56. The molecule has 0 fully saturated rings. The summed E-state index contributed by atoms with van der Waals surface area (Å²) in [4.78, 5) is 24.7. The fourth-order valence-corrected chi connectivity index (χ4v) is 9.76. The van der Waals surface area contributed by atoms with Crippen molar-refractivity contribution in [2.75, 3.05) is 52.9 Å². The number of esters is 2. The number of carbonyl (C=O) groups is 2. The molecule has 6 aromatic carbocycles. The smallest absolute Gasteiger partial charge is 0.330 e. The Labute approximate surface area is 366 Å². The van der Waals surface area contributed by atoms with Crippen LogP contribution in [0, 0.1) is 5.92 Å². The average molecular weight is 845 g/mol. The number of ether oxygens (including phenoxy) is 6. The van der Waals surface area contributed by atoms with E-state index in [1.165, 1.54) is 22.3 Å². The first-order valence-electron chi connectivity index (χ1n) is 21.2. The Morgan fingerprint density at radius 1 is 0.524 bits per heavy atom. The van der Waals surface area contributed by atoms with E-state index >= 15 is 0 Å². The van der Waals surface area contributed by atoms with E-state index in [4.69, 9.17) is 28.4 Å². The van der Waals surface area contributed by atoms with Crippen molar-refractivity contribution in [2.24, 2.45) is 5.92 Å². The molecule has 1 unspecified atom stereocenters. The van der Waals surface area contributed by atoms with Crippen LogP contribution in [0.3, 0.4) is 0 Å². The van der Waals surface area contributed by atoms with Gasteiger partial charge in [-0.05, 0) is 79.9 Å². The zero-order valence-corrected chi connectivity index (χ0v) is 34.7. The number of aliphatic hydroxyl groups is 2. The second-order valence-electron chi connectivity index (χ2n) is 15.8. The van der Waals surface area contributed by atoms with Crippen LogP contribution in [-0.4, -0.2) is 75.0 Å². The summed E-state index contributed by atoms with van der Waals surface area (Å²) < 4.78 is 34.0. The maximum atomic E-state index is 13.5. The van der Waals surface area contributed by atoms with Gasteiger partial charge in [0.05, 0.1) is 37.8 Å². The number of benzene rings is 6. The minimum absolute atomic E-state index is 0.00895. The van der Waals surface area contributed by atoms with Gasteiger partial charge in [-0.15, -0.1) is 0 Å². The van der Waals surface area contributed by atoms with E-state index in [2.05, 4.69) is 79.4 Å². The molecule has 63 heavy (non-hydrogen) atoms. The molecule has 320 valence electrons. The Morgan fingerprint density at radius 2 is 0.937 bits per heavy atom. The van der Waals surface area contributed by atoms with Crippen LogP contribution in [0.2, 0.25) is 0 Å². The highest BCUT2D eigenvalue weighted by Crippen LogP contribution is 2.60. The summed E-state index contributed by atoms with van der Waals surface area (Å²) >= 11 is 0. The van der Waals surface area contributed by atoms with E-state index < -0.39 is 34.5 Å². The molecule has 0 aliphatic heterocycles. The minimum Gasteiger partial charge on any atom is -0.491 e. The Balaban J connectivity index is 0.817. The van der Waals surface area contributed by atoms with Gasteiger partial charge in [0.1, 0.15) is 49.1 Å². The van der Waals surface area contributed by atoms with Crippen LogP contribution in [0.1, 0.15) is 50.9 Å². The zero-order chi connectivity index (χ0) is 43.4. The van der Waals surface area contributed by atoms with Gasteiger partial charge in [-0.3, -0.25) is 4.79 Å². The number of hydrogen-bond acceptors (Lipinski definition) is 10. The lowest BCUT2D eigenvalue weighted by Crippen LogP contribution is -2.57. The van der Waals surface area contributed by atoms with Crippen molar-refractivity contribution >= 4 is 11.9 Å². The largest absolute Gasteiger partial charge is 0.491 e. The Morgan fingerprint density at radius 3 is 1.41 bits per heavy atom. The van der Waals surface area contributed by atoms with Gasteiger partial charge in [0, 0.05) is 12.5 Å². The Kier molecular flexibility index (Phi) is 11.7. The van der Waals surface area contributed by atoms with Gasteiger partial charge in [-0.1, -0.05) is 128 Å². The molecular weight excluding hydrogens is 797 g/mol. The maximum Gasteiger partial charge on any atom is 0.330 e. The predicted molar refractivity (Wildman–Crippen MR) is 235 cm³/mol. The van der Waals surface area contributed by atoms with Gasteiger partial charge in [0.2, 0.25) is 0 Å².